The van der Waals surface area contributed by atoms with Crippen LogP contribution in [0.15, 0.2) is 18.2 Å². The molecule has 18 heavy (non-hydrogen) atoms. The lowest BCUT2D eigenvalue weighted by molar-refractivity contribution is -0.119. The van der Waals surface area contributed by atoms with Crippen molar-refractivity contribution in [1.82, 2.24) is 10.3 Å². The topological polar surface area (TPSA) is 92.5 Å². The Morgan fingerprint density at radius 1 is 1.56 bits per heavy atom. The summed E-state index contributed by atoms with van der Waals surface area (Å²) in [5.74, 6) is 6.42. The molecule has 1 amide bonds. The van der Waals surface area contributed by atoms with Crippen molar-refractivity contribution in [2.75, 3.05) is 44.2 Å². The minimum atomic E-state index is -0.0811. The van der Waals surface area contributed by atoms with E-state index in [1.54, 1.807) is 25.1 Å². The molecule has 0 bridgehead atoms. The van der Waals surface area contributed by atoms with Crippen LogP contribution >= 0.6 is 0 Å². The van der Waals surface area contributed by atoms with Crippen LogP contribution in [0.2, 0.25) is 0 Å². The first-order valence-electron chi connectivity index (χ1n) is 5.58. The number of carbonyl (C=O) groups excluding carboxylic acids is 1. The summed E-state index contributed by atoms with van der Waals surface area (Å²) in [4.78, 5) is 17.5. The fourth-order valence-electron chi connectivity index (χ4n) is 1.36. The molecule has 0 fully saturated rings. The second-order valence-corrected chi connectivity index (χ2v) is 3.72. The van der Waals surface area contributed by atoms with E-state index in [1.807, 2.05) is 12.1 Å². The Kier molecular flexibility index (Phi) is 5.89. The van der Waals surface area contributed by atoms with E-state index in [-0.39, 0.29) is 12.5 Å². The summed E-state index contributed by atoms with van der Waals surface area (Å²) in [6, 6.07) is 5.37. The Balaban J connectivity index is 2.48. The van der Waals surface area contributed by atoms with Gasteiger partial charge in [-0.1, -0.05) is 6.07 Å². The van der Waals surface area contributed by atoms with E-state index in [1.165, 1.54) is 0 Å². The molecule has 0 aliphatic carbocycles. The van der Waals surface area contributed by atoms with Crippen molar-refractivity contribution in [3.8, 4) is 0 Å². The largest absolute Gasteiger partial charge is 0.383 e. The maximum atomic E-state index is 11.6. The Morgan fingerprint density at radius 2 is 2.33 bits per heavy atom. The monoisotopic (exact) mass is 253 g/mol. The highest BCUT2D eigenvalue weighted by molar-refractivity contribution is 5.80. The molecule has 100 valence electrons. The number of likely N-dealkylation sites (N-methyl/N-ethyl adjacent to an activating group) is 1. The Labute approximate surface area is 106 Å². The molecule has 4 N–H and O–H groups in total. The van der Waals surface area contributed by atoms with E-state index in [9.17, 15) is 4.79 Å². The first kappa shape index (κ1) is 14.2. The highest BCUT2D eigenvalue weighted by Gasteiger charge is 2.08. The first-order chi connectivity index (χ1) is 8.67. The standard InChI is InChI=1S/C11H19N5O2/c1-16(8-11(17)13-6-7-18-2)10-5-3-4-9(14-10)15-12/h3-5H,6-8,12H2,1-2H3,(H,13,17)(H,14,15). The molecule has 0 saturated carbocycles. The number of hydrogen-bond donors (Lipinski definition) is 3. The summed E-state index contributed by atoms with van der Waals surface area (Å²) in [7, 11) is 3.38. The number of methoxy groups -OCH3 is 1. The molecule has 1 rings (SSSR count). The molecule has 0 aliphatic heterocycles. The van der Waals surface area contributed by atoms with Crippen LogP contribution in [0, 0.1) is 0 Å². The first-order valence-corrected chi connectivity index (χ1v) is 5.58. The van der Waals surface area contributed by atoms with Crippen molar-refractivity contribution in [3.05, 3.63) is 18.2 Å². The summed E-state index contributed by atoms with van der Waals surface area (Å²) < 4.78 is 4.85. The summed E-state index contributed by atoms with van der Waals surface area (Å²) in [6.45, 7) is 1.23. The number of nitrogens with one attached hydrogen (secondary N) is 2. The van der Waals surface area contributed by atoms with Gasteiger partial charge in [0, 0.05) is 20.7 Å². The molecule has 1 aromatic rings. The number of carbonyl (C=O) groups is 1. The van der Waals surface area contributed by atoms with Gasteiger partial charge < -0.3 is 20.4 Å². The lowest BCUT2D eigenvalue weighted by Gasteiger charge is -2.18. The average molecular weight is 253 g/mol. The molecule has 0 aromatic carbocycles. The van der Waals surface area contributed by atoms with Gasteiger partial charge in [0.25, 0.3) is 0 Å². The number of nitrogens with two attached hydrogens (primary N) is 1. The van der Waals surface area contributed by atoms with Crippen LogP contribution in [-0.2, 0) is 9.53 Å². The van der Waals surface area contributed by atoms with E-state index in [2.05, 4.69) is 15.7 Å². The molecule has 7 nitrogen and oxygen atoms in total. The number of amides is 1. The van der Waals surface area contributed by atoms with Crippen molar-refractivity contribution < 1.29 is 9.53 Å². The number of anilines is 2. The van der Waals surface area contributed by atoms with Crippen LogP contribution in [0.5, 0.6) is 0 Å². The maximum Gasteiger partial charge on any atom is 0.239 e. The molecule has 0 spiro atoms. The van der Waals surface area contributed by atoms with Gasteiger partial charge in [0.05, 0.1) is 13.2 Å². The van der Waals surface area contributed by atoms with Gasteiger partial charge in [-0.2, -0.15) is 0 Å². The van der Waals surface area contributed by atoms with Crippen molar-refractivity contribution in [2.45, 2.75) is 0 Å². The van der Waals surface area contributed by atoms with Crippen LogP contribution in [0.3, 0.4) is 0 Å². The number of pyridine rings is 1. The Morgan fingerprint density at radius 3 is 3.00 bits per heavy atom. The number of hydrogen-bond acceptors (Lipinski definition) is 6. The van der Waals surface area contributed by atoms with Gasteiger partial charge in [-0.25, -0.2) is 10.8 Å². The summed E-state index contributed by atoms with van der Waals surface area (Å²) in [5.41, 5.74) is 2.46. The number of nitrogens with zero attached hydrogens (tertiary/aromatic N) is 2. The second kappa shape index (κ2) is 7.46. The van der Waals surface area contributed by atoms with Crippen LogP contribution in [-0.4, -0.2) is 44.7 Å². The zero-order chi connectivity index (χ0) is 13.4. The smallest absolute Gasteiger partial charge is 0.239 e. The molecule has 0 saturated heterocycles. The molecule has 1 aromatic heterocycles. The zero-order valence-electron chi connectivity index (χ0n) is 10.6. The fraction of sp³-hybridized carbons (Fsp3) is 0.455. The summed E-state index contributed by atoms with van der Waals surface area (Å²) >= 11 is 0. The summed E-state index contributed by atoms with van der Waals surface area (Å²) in [6.07, 6.45) is 0. The number of rotatable bonds is 7. The highest BCUT2D eigenvalue weighted by atomic mass is 16.5. The minimum absolute atomic E-state index is 0.0811. The SMILES string of the molecule is COCCNC(=O)CN(C)c1cccc(NN)n1. The summed E-state index contributed by atoms with van der Waals surface area (Å²) in [5, 5.41) is 2.74. The van der Waals surface area contributed by atoms with Crippen LogP contribution < -0.4 is 21.5 Å². The van der Waals surface area contributed by atoms with Crippen molar-refractivity contribution in [2.24, 2.45) is 5.84 Å². The Bertz CT molecular complexity index is 385. The molecule has 7 heteroatoms. The fourth-order valence-corrected chi connectivity index (χ4v) is 1.36. The lowest BCUT2D eigenvalue weighted by atomic mass is 10.4. The van der Waals surface area contributed by atoms with Crippen molar-refractivity contribution in [3.63, 3.8) is 0 Å². The van der Waals surface area contributed by atoms with Gasteiger partial charge in [0.15, 0.2) is 0 Å². The van der Waals surface area contributed by atoms with E-state index >= 15 is 0 Å². The number of ether oxygens (including phenoxy) is 1. The molecule has 0 radical (unpaired) electrons. The Hall–Kier alpha value is -1.86. The van der Waals surface area contributed by atoms with E-state index < -0.39 is 0 Å². The van der Waals surface area contributed by atoms with Gasteiger partial charge in [-0.3, -0.25) is 4.79 Å². The van der Waals surface area contributed by atoms with Gasteiger partial charge in [0.2, 0.25) is 5.91 Å². The van der Waals surface area contributed by atoms with E-state index in [4.69, 9.17) is 10.6 Å². The van der Waals surface area contributed by atoms with Crippen LogP contribution in [0.4, 0.5) is 11.6 Å². The zero-order valence-corrected chi connectivity index (χ0v) is 10.6. The molecule has 0 unspecified atom stereocenters. The average Bonchev–Trinajstić information content (AvgIpc) is 2.39. The minimum Gasteiger partial charge on any atom is -0.383 e. The lowest BCUT2D eigenvalue weighted by Crippen LogP contribution is -2.37. The maximum absolute atomic E-state index is 11.6. The van der Waals surface area contributed by atoms with E-state index in [0.717, 1.165) is 0 Å². The molecule has 0 atom stereocenters. The quantitative estimate of drug-likeness (QED) is 0.347. The molecule has 0 aliphatic rings. The van der Waals surface area contributed by atoms with E-state index in [0.29, 0.717) is 24.8 Å². The highest BCUT2D eigenvalue weighted by Crippen LogP contribution is 2.11. The predicted molar refractivity (Wildman–Crippen MR) is 70.2 cm³/mol. The second-order valence-electron chi connectivity index (χ2n) is 3.72. The third-order valence-corrected chi connectivity index (χ3v) is 2.28. The van der Waals surface area contributed by atoms with Gasteiger partial charge in [0.1, 0.15) is 11.6 Å². The molecular formula is C11H19N5O2. The van der Waals surface area contributed by atoms with Gasteiger partial charge in [-0.15, -0.1) is 0 Å². The number of nitrogen functional groups attached to an aromatic ring is 1. The molecule has 1 heterocycles. The predicted octanol–water partition coefficient (Wildman–Crippen LogP) is -0.434. The number of aromatic nitrogens is 1. The third kappa shape index (κ3) is 4.56. The van der Waals surface area contributed by atoms with Crippen molar-refractivity contribution in [1.29, 1.82) is 0 Å². The van der Waals surface area contributed by atoms with Crippen LogP contribution in [0.1, 0.15) is 0 Å². The third-order valence-electron chi connectivity index (χ3n) is 2.28. The van der Waals surface area contributed by atoms with Crippen LogP contribution in [0.25, 0.3) is 0 Å². The molecular weight excluding hydrogens is 234 g/mol. The number of hydrazine groups is 1. The normalized spacial score (nSPS) is 9.94. The van der Waals surface area contributed by atoms with Gasteiger partial charge >= 0.3 is 0 Å². The van der Waals surface area contributed by atoms with Gasteiger partial charge in [-0.05, 0) is 12.1 Å². The van der Waals surface area contributed by atoms with Crippen molar-refractivity contribution >= 4 is 17.5 Å².